The number of rotatable bonds is 6. The molecule has 0 fully saturated rings. The zero-order valence-corrected chi connectivity index (χ0v) is 12.9. The van der Waals surface area contributed by atoms with Crippen LogP contribution in [-0.2, 0) is 4.74 Å². The molecule has 2 rings (SSSR count). The van der Waals surface area contributed by atoms with Crippen molar-refractivity contribution in [3.63, 3.8) is 0 Å². The van der Waals surface area contributed by atoms with Gasteiger partial charge < -0.3 is 14.6 Å². The van der Waals surface area contributed by atoms with Crippen LogP contribution in [0.15, 0.2) is 47.6 Å². The fourth-order valence-electron chi connectivity index (χ4n) is 1.86. The van der Waals surface area contributed by atoms with E-state index in [0.717, 1.165) is 11.3 Å². The molecule has 0 saturated heterocycles. The van der Waals surface area contributed by atoms with Crippen molar-refractivity contribution in [2.24, 2.45) is 5.10 Å². The predicted molar refractivity (Wildman–Crippen MR) is 88.3 cm³/mol. The van der Waals surface area contributed by atoms with Gasteiger partial charge >= 0.3 is 5.97 Å². The van der Waals surface area contributed by atoms with Crippen LogP contribution in [0.4, 0.5) is 5.69 Å². The van der Waals surface area contributed by atoms with Gasteiger partial charge in [0.05, 0.1) is 31.2 Å². The first-order valence-corrected chi connectivity index (χ1v) is 7.07. The summed E-state index contributed by atoms with van der Waals surface area (Å²) in [5.74, 6) is 0.127. The SMILES string of the molecule is CCOc1cc(C=NNc2ccc(C(=O)OC)cc2)ccc1O. The topological polar surface area (TPSA) is 80.2 Å². The van der Waals surface area contributed by atoms with Gasteiger partial charge in [0.25, 0.3) is 0 Å². The van der Waals surface area contributed by atoms with Gasteiger partial charge in [-0.15, -0.1) is 0 Å². The first kappa shape index (κ1) is 16.4. The molecule has 0 saturated carbocycles. The van der Waals surface area contributed by atoms with Crippen LogP contribution in [0, 0.1) is 0 Å². The first-order valence-electron chi connectivity index (χ1n) is 7.07. The number of anilines is 1. The maximum absolute atomic E-state index is 11.3. The van der Waals surface area contributed by atoms with Crippen LogP contribution in [0.5, 0.6) is 11.5 Å². The summed E-state index contributed by atoms with van der Waals surface area (Å²) in [6, 6.07) is 11.7. The Morgan fingerprint density at radius 2 is 2.00 bits per heavy atom. The molecule has 0 aliphatic heterocycles. The Morgan fingerprint density at radius 3 is 2.65 bits per heavy atom. The molecule has 2 N–H and O–H groups in total. The standard InChI is InChI=1S/C17H18N2O4/c1-3-23-16-10-12(4-9-15(16)20)11-18-19-14-7-5-13(6-8-14)17(21)22-2/h4-11,19-20H,3H2,1-2H3. The van der Waals surface area contributed by atoms with E-state index in [1.165, 1.54) is 7.11 Å². The van der Waals surface area contributed by atoms with E-state index in [-0.39, 0.29) is 11.7 Å². The van der Waals surface area contributed by atoms with E-state index >= 15 is 0 Å². The van der Waals surface area contributed by atoms with Gasteiger partial charge in [-0.3, -0.25) is 5.43 Å². The van der Waals surface area contributed by atoms with E-state index in [4.69, 9.17) is 4.74 Å². The monoisotopic (exact) mass is 314 g/mol. The van der Waals surface area contributed by atoms with Gasteiger partial charge in [-0.2, -0.15) is 5.10 Å². The molecule has 23 heavy (non-hydrogen) atoms. The number of phenolic OH excluding ortho intramolecular Hbond substituents is 1. The Hall–Kier alpha value is -3.02. The molecular weight excluding hydrogens is 296 g/mol. The lowest BCUT2D eigenvalue weighted by atomic mass is 10.2. The van der Waals surface area contributed by atoms with Gasteiger partial charge in [-0.25, -0.2) is 4.79 Å². The van der Waals surface area contributed by atoms with Crippen LogP contribution in [-0.4, -0.2) is 31.0 Å². The molecule has 120 valence electrons. The largest absolute Gasteiger partial charge is 0.504 e. The number of carbonyl (C=O) groups is 1. The van der Waals surface area contributed by atoms with Crippen molar-refractivity contribution in [1.82, 2.24) is 0 Å². The highest BCUT2D eigenvalue weighted by Gasteiger charge is 2.04. The van der Waals surface area contributed by atoms with E-state index in [1.807, 2.05) is 6.92 Å². The second-order valence-corrected chi connectivity index (χ2v) is 4.60. The highest BCUT2D eigenvalue weighted by atomic mass is 16.5. The van der Waals surface area contributed by atoms with Crippen LogP contribution < -0.4 is 10.2 Å². The molecule has 0 atom stereocenters. The number of methoxy groups -OCH3 is 1. The van der Waals surface area contributed by atoms with Crippen molar-refractivity contribution < 1.29 is 19.4 Å². The lowest BCUT2D eigenvalue weighted by Gasteiger charge is -2.06. The van der Waals surface area contributed by atoms with Gasteiger partial charge in [0.15, 0.2) is 11.5 Å². The van der Waals surface area contributed by atoms with Crippen LogP contribution in [0.3, 0.4) is 0 Å². The Balaban J connectivity index is 2.01. The smallest absolute Gasteiger partial charge is 0.337 e. The minimum Gasteiger partial charge on any atom is -0.504 e. The molecule has 0 spiro atoms. The van der Waals surface area contributed by atoms with Crippen LogP contribution in [0.1, 0.15) is 22.8 Å². The molecule has 0 aromatic heterocycles. The van der Waals surface area contributed by atoms with Crippen LogP contribution in [0.25, 0.3) is 0 Å². The van der Waals surface area contributed by atoms with Gasteiger partial charge in [0, 0.05) is 0 Å². The number of carbonyl (C=O) groups excluding carboxylic acids is 1. The second-order valence-electron chi connectivity index (χ2n) is 4.60. The van der Waals surface area contributed by atoms with Gasteiger partial charge in [0.1, 0.15) is 0 Å². The average Bonchev–Trinajstić information content (AvgIpc) is 2.58. The fourth-order valence-corrected chi connectivity index (χ4v) is 1.86. The summed E-state index contributed by atoms with van der Waals surface area (Å²) in [7, 11) is 1.34. The van der Waals surface area contributed by atoms with Crippen molar-refractivity contribution in [3.05, 3.63) is 53.6 Å². The lowest BCUT2D eigenvalue weighted by molar-refractivity contribution is 0.0601. The highest BCUT2D eigenvalue weighted by molar-refractivity contribution is 5.89. The van der Waals surface area contributed by atoms with Crippen molar-refractivity contribution >= 4 is 17.9 Å². The maximum atomic E-state index is 11.3. The number of benzene rings is 2. The molecule has 0 unspecified atom stereocenters. The Morgan fingerprint density at radius 1 is 1.26 bits per heavy atom. The molecule has 0 aliphatic rings. The number of hydrogen-bond acceptors (Lipinski definition) is 6. The van der Waals surface area contributed by atoms with Crippen molar-refractivity contribution in [2.75, 3.05) is 19.1 Å². The number of hydrazone groups is 1. The second kappa shape index (κ2) is 7.84. The summed E-state index contributed by atoms with van der Waals surface area (Å²) in [6.07, 6.45) is 1.61. The predicted octanol–water partition coefficient (Wildman–Crippen LogP) is 3.02. The Labute approximate surface area is 134 Å². The molecule has 0 aliphatic carbocycles. The summed E-state index contributed by atoms with van der Waals surface area (Å²) in [5, 5.41) is 13.7. The zero-order chi connectivity index (χ0) is 16.7. The Kier molecular flexibility index (Phi) is 5.57. The van der Waals surface area contributed by atoms with Crippen LogP contribution in [0.2, 0.25) is 0 Å². The van der Waals surface area contributed by atoms with Crippen molar-refractivity contribution in [3.8, 4) is 11.5 Å². The Bertz CT molecular complexity index is 696. The van der Waals surface area contributed by atoms with E-state index in [0.29, 0.717) is 17.9 Å². The summed E-state index contributed by atoms with van der Waals surface area (Å²) < 4.78 is 9.95. The average molecular weight is 314 g/mol. The summed E-state index contributed by atoms with van der Waals surface area (Å²) in [5.41, 5.74) is 4.85. The quantitative estimate of drug-likeness (QED) is 0.487. The number of aromatic hydroxyl groups is 1. The number of ether oxygens (including phenoxy) is 2. The molecule has 2 aromatic rings. The lowest BCUT2D eigenvalue weighted by Crippen LogP contribution is -2.00. The summed E-state index contributed by atoms with van der Waals surface area (Å²) in [6.45, 7) is 2.32. The third-order valence-corrected chi connectivity index (χ3v) is 3.00. The minimum absolute atomic E-state index is 0.0929. The zero-order valence-electron chi connectivity index (χ0n) is 12.9. The molecule has 6 nitrogen and oxygen atoms in total. The molecular formula is C17H18N2O4. The maximum Gasteiger partial charge on any atom is 0.337 e. The minimum atomic E-state index is -0.382. The van der Waals surface area contributed by atoms with Crippen LogP contribution >= 0.6 is 0 Å². The van der Waals surface area contributed by atoms with Crippen molar-refractivity contribution in [1.29, 1.82) is 0 Å². The molecule has 0 amide bonds. The molecule has 6 heteroatoms. The number of nitrogens with zero attached hydrogens (tertiary/aromatic N) is 1. The third-order valence-electron chi connectivity index (χ3n) is 3.00. The highest BCUT2D eigenvalue weighted by Crippen LogP contribution is 2.26. The van der Waals surface area contributed by atoms with Gasteiger partial charge in [-0.05, 0) is 55.0 Å². The summed E-state index contributed by atoms with van der Waals surface area (Å²) >= 11 is 0. The van der Waals surface area contributed by atoms with E-state index in [9.17, 15) is 9.90 Å². The number of hydrogen-bond donors (Lipinski definition) is 2. The van der Waals surface area contributed by atoms with Gasteiger partial charge in [-0.1, -0.05) is 0 Å². The first-order chi connectivity index (χ1) is 11.1. The van der Waals surface area contributed by atoms with Gasteiger partial charge in [0.2, 0.25) is 0 Å². The molecule has 2 aromatic carbocycles. The molecule has 0 radical (unpaired) electrons. The number of esters is 1. The van der Waals surface area contributed by atoms with E-state index < -0.39 is 0 Å². The van der Waals surface area contributed by atoms with Crippen molar-refractivity contribution in [2.45, 2.75) is 6.92 Å². The normalized spacial score (nSPS) is 10.5. The van der Waals surface area contributed by atoms with E-state index in [1.54, 1.807) is 48.7 Å². The molecule has 0 bridgehead atoms. The molecule has 0 heterocycles. The number of phenols is 1. The van der Waals surface area contributed by atoms with E-state index in [2.05, 4.69) is 15.3 Å². The number of nitrogens with one attached hydrogen (secondary N) is 1. The fraction of sp³-hybridized carbons (Fsp3) is 0.176. The third kappa shape index (κ3) is 4.47. The summed E-state index contributed by atoms with van der Waals surface area (Å²) in [4.78, 5) is 11.3.